The minimum absolute atomic E-state index is 0.0309. The van der Waals surface area contributed by atoms with Crippen LogP contribution in [0.3, 0.4) is 0 Å². The number of hydrogen-bond donors (Lipinski definition) is 0. The first-order valence-corrected chi connectivity index (χ1v) is 11.7. The third-order valence-electron chi connectivity index (χ3n) is 4.82. The second-order valence-corrected chi connectivity index (χ2v) is 11.7. The maximum absolute atomic E-state index is 12.8. The second-order valence-electron chi connectivity index (χ2n) is 7.69. The summed E-state index contributed by atoms with van der Waals surface area (Å²) in [7, 11) is -5.25. The van der Waals surface area contributed by atoms with E-state index in [1.807, 2.05) is 12.1 Å². The third kappa shape index (κ3) is 4.61. The van der Waals surface area contributed by atoms with Crippen LogP contribution in [0, 0.1) is 0 Å². The average Bonchev–Trinajstić information content (AvgIpc) is 2.52. The molecule has 0 amide bonds. The normalized spacial score (nSPS) is 18.6. The molecule has 6 nitrogen and oxygen atoms in total. The molecule has 0 aromatic heterocycles. The molecule has 8 heteroatoms. The molecule has 25 heavy (non-hydrogen) atoms. The zero-order valence-electron chi connectivity index (χ0n) is 15.6. The second kappa shape index (κ2) is 6.98. The first kappa shape index (κ1) is 20.4. The van der Waals surface area contributed by atoms with Crippen molar-refractivity contribution in [3.63, 3.8) is 0 Å². The van der Waals surface area contributed by atoms with E-state index >= 15 is 0 Å². The molecular formula is C17H28N2O4S2. The molecule has 142 valence electrons. The molecule has 0 spiro atoms. The van der Waals surface area contributed by atoms with Crippen molar-refractivity contribution >= 4 is 20.0 Å². The number of benzene rings is 1. The Kier molecular flexibility index (Phi) is 5.68. The fourth-order valence-corrected chi connectivity index (χ4v) is 5.21. The largest absolute Gasteiger partial charge is 0.243 e. The Bertz CT molecular complexity index is 801. The van der Waals surface area contributed by atoms with Gasteiger partial charge in [-0.2, -0.15) is 4.31 Å². The summed E-state index contributed by atoms with van der Waals surface area (Å²) in [6.45, 7) is 6.90. The minimum atomic E-state index is -3.54. The van der Waals surface area contributed by atoms with Gasteiger partial charge in [0.05, 0.1) is 11.2 Å². The molecule has 1 heterocycles. The van der Waals surface area contributed by atoms with Gasteiger partial charge in [0.2, 0.25) is 20.0 Å². The van der Waals surface area contributed by atoms with E-state index in [0.29, 0.717) is 25.9 Å². The van der Waals surface area contributed by atoms with Crippen molar-refractivity contribution in [1.82, 2.24) is 8.61 Å². The van der Waals surface area contributed by atoms with Gasteiger partial charge in [-0.3, -0.25) is 0 Å². The van der Waals surface area contributed by atoms with E-state index in [4.69, 9.17) is 0 Å². The maximum atomic E-state index is 12.8. The molecule has 1 aromatic rings. The summed E-state index contributed by atoms with van der Waals surface area (Å²) in [4.78, 5) is 0.287. The topological polar surface area (TPSA) is 74.8 Å². The summed E-state index contributed by atoms with van der Waals surface area (Å²) in [5, 5.41) is 0. The van der Waals surface area contributed by atoms with Crippen LogP contribution < -0.4 is 0 Å². The van der Waals surface area contributed by atoms with Crippen molar-refractivity contribution < 1.29 is 16.8 Å². The van der Waals surface area contributed by atoms with Crippen LogP contribution in [0.1, 0.15) is 39.2 Å². The van der Waals surface area contributed by atoms with E-state index in [1.54, 1.807) is 19.2 Å². The highest BCUT2D eigenvalue weighted by atomic mass is 32.2. The van der Waals surface area contributed by atoms with Crippen molar-refractivity contribution in [2.45, 2.75) is 50.0 Å². The summed E-state index contributed by atoms with van der Waals surface area (Å²) in [6.07, 6.45) is 2.18. The zero-order chi connectivity index (χ0) is 19.0. The molecule has 0 bridgehead atoms. The van der Waals surface area contributed by atoms with Crippen molar-refractivity contribution in [1.29, 1.82) is 0 Å². The first-order chi connectivity index (χ1) is 11.3. The van der Waals surface area contributed by atoms with Gasteiger partial charge in [-0.05, 0) is 36.0 Å². The fraction of sp³-hybridized carbons (Fsp3) is 0.647. The van der Waals surface area contributed by atoms with Gasteiger partial charge in [0, 0.05) is 26.2 Å². The summed E-state index contributed by atoms with van der Waals surface area (Å²) in [5.74, 6) is 0. The summed E-state index contributed by atoms with van der Waals surface area (Å²) < 4.78 is 51.7. The monoisotopic (exact) mass is 388 g/mol. The molecule has 1 saturated heterocycles. The predicted octanol–water partition coefficient (Wildman–Crippen LogP) is 2.03. The van der Waals surface area contributed by atoms with Crippen LogP contribution in [-0.2, 0) is 25.5 Å². The quantitative estimate of drug-likeness (QED) is 0.791. The first-order valence-electron chi connectivity index (χ1n) is 8.37. The minimum Gasteiger partial charge on any atom is -0.213 e. The Balaban J connectivity index is 2.12. The maximum Gasteiger partial charge on any atom is 0.243 e. The molecule has 2 rings (SSSR count). The molecule has 0 aliphatic carbocycles. The van der Waals surface area contributed by atoms with Crippen molar-refractivity contribution in [3.05, 3.63) is 29.8 Å². The van der Waals surface area contributed by atoms with E-state index in [9.17, 15) is 16.8 Å². The summed E-state index contributed by atoms with van der Waals surface area (Å²) in [6, 6.07) is 6.88. The lowest BCUT2D eigenvalue weighted by molar-refractivity contribution is 0.239. The van der Waals surface area contributed by atoms with Crippen molar-refractivity contribution in [3.8, 4) is 0 Å². The van der Waals surface area contributed by atoms with Gasteiger partial charge in [-0.1, -0.05) is 32.9 Å². The lowest BCUT2D eigenvalue weighted by Crippen LogP contribution is -2.46. The van der Waals surface area contributed by atoms with Gasteiger partial charge in [0.15, 0.2) is 0 Å². The molecule has 0 radical (unpaired) electrons. The summed E-state index contributed by atoms with van der Waals surface area (Å²) in [5.41, 5.74) is 1.05. The van der Waals surface area contributed by atoms with E-state index in [1.165, 1.54) is 14.9 Å². The van der Waals surface area contributed by atoms with Crippen LogP contribution in [0.4, 0.5) is 0 Å². The van der Waals surface area contributed by atoms with E-state index in [-0.39, 0.29) is 16.4 Å². The standard InChI is InChI=1S/C17H28N2O4S2/c1-17(2,3)14-6-8-16(9-7-14)25(22,23)19-12-10-15(11-13-19)18(4)24(5,20)21/h6-9,15H,10-13H2,1-5H3. The zero-order valence-corrected chi connectivity index (χ0v) is 17.2. The Morgan fingerprint density at radius 2 is 1.48 bits per heavy atom. The Hall–Kier alpha value is -0.960. The van der Waals surface area contributed by atoms with Crippen LogP contribution in [0.2, 0.25) is 0 Å². The van der Waals surface area contributed by atoms with Gasteiger partial charge < -0.3 is 0 Å². The highest BCUT2D eigenvalue weighted by Gasteiger charge is 2.33. The lowest BCUT2D eigenvalue weighted by atomic mass is 9.87. The van der Waals surface area contributed by atoms with Crippen LogP contribution in [0.15, 0.2) is 29.2 Å². The van der Waals surface area contributed by atoms with Crippen LogP contribution in [0.25, 0.3) is 0 Å². The Morgan fingerprint density at radius 3 is 1.88 bits per heavy atom. The molecule has 1 aromatic carbocycles. The molecule has 0 unspecified atom stereocenters. The van der Waals surface area contributed by atoms with Gasteiger partial charge >= 0.3 is 0 Å². The SMILES string of the molecule is CN(C1CCN(S(=O)(=O)c2ccc(C(C)(C)C)cc2)CC1)S(C)(=O)=O. The molecule has 1 aliphatic rings. The van der Waals surface area contributed by atoms with E-state index in [2.05, 4.69) is 20.8 Å². The highest BCUT2D eigenvalue weighted by molar-refractivity contribution is 7.89. The smallest absolute Gasteiger partial charge is 0.213 e. The van der Waals surface area contributed by atoms with Gasteiger partial charge in [0.25, 0.3) is 0 Å². The molecule has 0 atom stereocenters. The predicted molar refractivity (Wildman–Crippen MR) is 99.5 cm³/mol. The number of rotatable bonds is 4. The third-order valence-corrected chi connectivity index (χ3v) is 8.08. The van der Waals surface area contributed by atoms with E-state index < -0.39 is 20.0 Å². The molecule has 0 N–H and O–H groups in total. The van der Waals surface area contributed by atoms with Gasteiger partial charge in [0.1, 0.15) is 0 Å². The molecule has 1 fully saturated rings. The Morgan fingerprint density at radius 1 is 1.00 bits per heavy atom. The fourth-order valence-electron chi connectivity index (χ4n) is 2.99. The van der Waals surface area contributed by atoms with Crippen molar-refractivity contribution in [2.24, 2.45) is 0 Å². The highest BCUT2D eigenvalue weighted by Crippen LogP contribution is 2.27. The van der Waals surface area contributed by atoms with Crippen LogP contribution in [-0.4, -0.2) is 57.9 Å². The average molecular weight is 389 g/mol. The number of piperidine rings is 1. The summed E-state index contributed by atoms with van der Waals surface area (Å²) >= 11 is 0. The Labute approximate surface area is 151 Å². The van der Waals surface area contributed by atoms with E-state index in [0.717, 1.165) is 5.56 Å². The van der Waals surface area contributed by atoms with Gasteiger partial charge in [-0.25, -0.2) is 21.1 Å². The van der Waals surface area contributed by atoms with Crippen LogP contribution >= 0.6 is 0 Å². The van der Waals surface area contributed by atoms with Crippen molar-refractivity contribution in [2.75, 3.05) is 26.4 Å². The van der Waals surface area contributed by atoms with Crippen LogP contribution in [0.5, 0.6) is 0 Å². The van der Waals surface area contributed by atoms with Gasteiger partial charge in [-0.15, -0.1) is 0 Å². The lowest BCUT2D eigenvalue weighted by Gasteiger charge is -2.35. The number of hydrogen-bond acceptors (Lipinski definition) is 4. The molecule has 1 aliphatic heterocycles. The molecule has 0 saturated carbocycles. The molecular weight excluding hydrogens is 360 g/mol. The number of sulfonamides is 2. The number of nitrogens with zero attached hydrogens (tertiary/aromatic N) is 2.